The number of para-hydroxylation sites is 1. The summed E-state index contributed by atoms with van der Waals surface area (Å²) in [4.78, 5) is 37.4. The molecule has 0 saturated heterocycles. The zero-order chi connectivity index (χ0) is 22.8. The zero-order valence-electron chi connectivity index (χ0n) is 16.0. The number of ether oxygens (including phenoxy) is 1. The fourth-order valence-corrected chi connectivity index (χ4v) is 4.26. The first-order chi connectivity index (χ1) is 14.7. The summed E-state index contributed by atoms with van der Waals surface area (Å²) in [7, 11) is -4.26. The molecular formula is C19H14N4O7S. The van der Waals surface area contributed by atoms with E-state index in [1.807, 2.05) is 0 Å². The number of fused-ring (bicyclic) bond motifs is 1. The molecule has 0 unspecified atom stereocenters. The summed E-state index contributed by atoms with van der Waals surface area (Å²) in [6.07, 6.45) is 0.994. The highest BCUT2D eigenvalue weighted by atomic mass is 32.2. The number of rotatable bonds is 7. The monoisotopic (exact) mass is 442 g/mol. The molecule has 3 aromatic rings. The number of esters is 1. The molecule has 0 aliphatic rings. The third kappa shape index (κ3) is 3.84. The van der Waals surface area contributed by atoms with Gasteiger partial charge in [0, 0.05) is 23.7 Å². The maximum absolute atomic E-state index is 13.2. The normalized spacial score (nSPS) is 11.0. The molecule has 0 spiro atoms. The molecule has 0 fully saturated rings. The predicted octanol–water partition coefficient (Wildman–Crippen LogP) is 2.20. The summed E-state index contributed by atoms with van der Waals surface area (Å²) in [5.41, 5.74) is 7.85. The number of Topliss-reactive ketones (excluding diaryl/α,β-unsaturated/α-hetero) is 1. The second kappa shape index (κ2) is 8.30. The van der Waals surface area contributed by atoms with Crippen LogP contribution in [0.25, 0.3) is 16.4 Å². The summed E-state index contributed by atoms with van der Waals surface area (Å²) in [6.45, 7) is 1.43. The van der Waals surface area contributed by atoms with Crippen LogP contribution in [0.3, 0.4) is 0 Å². The number of benzene rings is 2. The van der Waals surface area contributed by atoms with Crippen molar-refractivity contribution in [3.8, 4) is 0 Å². The van der Waals surface area contributed by atoms with Gasteiger partial charge in [-0.3, -0.25) is 14.9 Å². The molecule has 0 aliphatic carbocycles. The molecule has 0 radical (unpaired) electrons. The zero-order valence-corrected chi connectivity index (χ0v) is 16.8. The van der Waals surface area contributed by atoms with Crippen molar-refractivity contribution >= 4 is 44.1 Å². The van der Waals surface area contributed by atoms with Crippen molar-refractivity contribution in [2.45, 2.75) is 11.8 Å². The molecular weight excluding hydrogens is 428 g/mol. The summed E-state index contributed by atoms with van der Waals surface area (Å²) < 4.78 is 31.8. The number of carbonyl (C=O) groups excluding carboxylic acids is 2. The highest BCUT2D eigenvalue weighted by molar-refractivity contribution is 7.90. The van der Waals surface area contributed by atoms with E-state index in [1.54, 1.807) is 12.1 Å². The van der Waals surface area contributed by atoms with Crippen LogP contribution >= 0.6 is 0 Å². The maximum atomic E-state index is 13.2. The summed E-state index contributed by atoms with van der Waals surface area (Å²) in [5.74, 6) is -2.19. The Labute approximate surface area is 175 Å². The Hall–Kier alpha value is -4.15. The molecule has 1 heterocycles. The van der Waals surface area contributed by atoms with E-state index in [2.05, 4.69) is 4.79 Å². The standard InChI is InChI=1S/C19H14N4O7S/c1-2-30-19(25)17(21-20)18(24)15-11-22(16-6-4-3-5-14(15)16)31(28,29)13-9-7-12(8-10-13)23(26)27/h3-11H,2H2,1H3. The first-order valence-electron chi connectivity index (χ1n) is 8.76. The summed E-state index contributed by atoms with van der Waals surface area (Å²) >= 11 is 0. The average molecular weight is 442 g/mol. The lowest BCUT2D eigenvalue weighted by molar-refractivity contribution is -0.384. The van der Waals surface area contributed by atoms with Crippen molar-refractivity contribution in [2.24, 2.45) is 0 Å². The number of nitro groups is 1. The lowest BCUT2D eigenvalue weighted by Gasteiger charge is -2.07. The lowest BCUT2D eigenvalue weighted by atomic mass is 10.1. The van der Waals surface area contributed by atoms with E-state index in [0.717, 1.165) is 34.4 Å². The van der Waals surface area contributed by atoms with Gasteiger partial charge in [0.05, 0.1) is 27.5 Å². The van der Waals surface area contributed by atoms with Crippen molar-refractivity contribution in [1.29, 1.82) is 0 Å². The molecule has 3 rings (SSSR count). The largest absolute Gasteiger partial charge is 0.457 e. The number of nitro benzene ring substituents is 1. The van der Waals surface area contributed by atoms with E-state index in [4.69, 9.17) is 10.3 Å². The van der Waals surface area contributed by atoms with Crippen LogP contribution in [0.2, 0.25) is 0 Å². The first kappa shape index (κ1) is 21.6. The van der Waals surface area contributed by atoms with Gasteiger partial charge in [-0.05, 0) is 25.1 Å². The van der Waals surface area contributed by atoms with E-state index < -0.39 is 32.4 Å². The Morgan fingerprint density at radius 2 is 1.81 bits per heavy atom. The number of nitrogens with zero attached hydrogens (tertiary/aromatic N) is 4. The van der Waals surface area contributed by atoms with Gasteiger partial charge in [-0.2, -0.15) is 4.79 Å². The van der Waals surface area contributed by atoms with Crippen LogP contribution in [-0.2, 0) is 19.6 Å². The van der Waals surface area contributed by atoms with Crippen molar-refractivity contribution in [2.75, 3.05) is 6.61 Å². The molecule has 0 aliphatic heterocycles. The van der Waals surface area contributed by atoms with E-state index in [1.165, 1.54) is 19.1 Å². The Morgan fingerprint density at radius 1 is 1.16 bits per heavy atom. The van der Waals surface area contributed by atoms with Gasteiger partial charge < -0.3 is 10.3 Å². The van der Waals surface area contributed by atoms with E-state index in [0.29, 0.717) is 0 Å². The van der Waals surface area contributed by atoms with Gasteiger partial charge in [0.2, 0.25) is 0 Å². The number of aromatic nitrogens is 1. The Bertz CT molecular complexity index is 1370. The topological polar surface area (TPSA) is 162 Å². The fourth-order valence-electron chi connectivity index (χ4n) is 2.89. The Kier molecular flexibility index (Phi) is 5.77. The summed E-state index contributed by atoms with van der Waals surface area (Å²) in [5, 5.41) is 11.0. The molecule has 0 saturated carbocycles. The van der Waals surface area contributed by atoms with Gasteiger partial charge in [0.1, 0.15) is 0 Å². The van der Waals surface area contributed by atoms with Gasteiger partial charge in [-0.15, -0.1) is 0 Å². The minimum Gasteiger partial charge on any atom is -0.457 e. The SMILES string of the molecule is CCOC(=O)C(=[N+]=[N-])C(=O)c1cn(S(=O)(=O)c2ccc([N+](=O)[O-])cc2)c2ccccc12. The molecule has 0 amide bonds. The van der Waals surface area contributed by atoms with Crippen LogP contribution in [0.1, 0.15) is 17.3 Å². The number of ketones is 1. The molecule has 0 N–H and O–H groups in total. The Morgan fingerprint density at radius 3 is 2.39 bits per heavy atom. The minimum atomic E-state index is -4.26. The van der Waals surface area contributed by atoms with Crippen LogP contribution in [0, 0.1) is 10.1 Å². The fraction of sp³-hybridized carbons (Fsp3) is 0.105. The molecule has 11 nitrogen and oxygen atoms in total. The van der Waals surface area contributed by atoms with Crippen molar-refractivity contribution < 1.29 is 32.5 Å². The van der Waals surface area contributed by atoms with Gasteiger partial charge in [0.15, 0.2) is 0 Å². The van der Waals surface area contributed by atoms with Crippen molar-refractivity contribution in [3.05, 3.63) is 75.9 Å². The number of non-ortho nitro benzene ring substituents is 1. The van der Waals surface area contributed by atoms with Gasteiger partial charge in [-0.1, -0.05) is 18.2 Å². The van der Waals surface area contributed by atoms with Crippen LogP contribution < -0.4 is 0 Å². The number of carbonyl (C=O) groups is 2. The molecule has 1 aromatic heterocycles. The molecule has 158 valence electrons. The molecule has 0 bridgehead atoms. The molecule has 2 aromatic carbocycles. The Balaban J connectivity index is 2.17. The smallest absolute Gasteiger partial charge is 0.446 e. The number of hydrogen-bond acceptors (Lipinski definition) is 7. The van der Waals surface area contributed by atoms with Crippen LogP contribution in [-0.4, -0.2) is 46.2 Å². The maximum Gasteiger partial charge on any atom is 0.446 e. The van der Waals surface area contributed by atoms with Crippen LogP contribution in [0.5, 0.6) is 0 Å². The highest BCUT2D eigenvalue weighted by Gasteiger charge is 2.35. The molecule has 31 heavy (non-hydrogen) atoms. The van der Waals surface area contributed by atoms with Gasteiger partial charge in [0.25, 0.3) is 21.5 Å². The third-order valence-electron chi connectivity index (χ3n) is 4.31. The van der Waals surface area contributed by atoms with E-state index >= 15 is 0 Å². The summed E-state index contributed by atoms with van der Waals surface area (Å²) in [6, 6.07) is 10.2. The van der Waals surface area contributed by atoms with E-state index in [9.17, 15) is 28.1 Å². The van der Waals surface area contributed by atoms with Crippen LogP contribution in [0.4, 0.5) is 5.69 Å². The van der Waals surface area contributed by atoms with E-state index in [-0.39, 0.29) is 33.7 Å². The second-order valence-corrected chi connectivity index (χ2v) is 7.92. The molecule has 12 heteroatoms. The van der Waals surface area contributed by atoms with Crippen molar-refractivity contribution in [1.82, 2.24) is 3.97 Å². The average Bonchev–Trinajstić information content (AvgIpc) is 3.15. The quantitative estimate of drug-likeness (QED) is 0.0791. The van der Waals surface area contributed by atoms with Crippen LogP contribution in [0.15, 0.2) is 59.6 Å². The second-order valence-electron chi connectivity index (χ2n) is 6.11. The third-order valence-corrected chi connectivity index (χ3v) is 6.00. The van der Waals surface area contributed by atoms with Crippen molar-refractivity contribution in [3.63, 3.8) is 0 Å². The lowest BCUT2D eigenvalue weighted by Crippen LogP contribution is -2.27. The first-order valence-corrected chi connectivity index (χ1v) is 10.2. The molecule has 0 atom stereocenters. The highest BCUT2D eigenvalue weighted by Crippen LogP contribution is 2.27. The van der Waals surface area contributed by atoms with Gasteiger partial charge >= 0.3 is 11.7 Å². The predicted molar refractivity (Wildman–Crippen MR) is 107 cm³/mol. The number of hydrogen-bond donors (Lipinski definition) is 0. The minimum absolute atomic E-state index is 0.0680. The van der Waals surface area contributed by atoms with Gasteiger partial charge in [-0.25, -0.2) is 17.2 Å².